The first-order chi connectivity index (χ1) is 12.1. The number of carbonyl (C=O) groups is 1. The van der Waals surface area contributed by atoms with Crippen LogP contribution in [0.15, 0.2) is 23.3 Å². The Morgan fingerprint density at radius 1 is 1.23 bits per heavy atom. The van der Waals surface area contributed by atoms with Gasteiger partial charge in [-0.25, -0.2) is 4.39 Å². The predicted octanol–water partition coefficient (Wildman–Crippen LogP) is 3.43. The lowest BCUT2D eigenvalue weighted by molar-refractivity contribution is -0.215. The van der Waals surface area contributed by atoms with Gasteiger partial charge in [0.25, 0.3) is 0 Å². The van der Waals surface area contributed by atoms with E-state index in [2.05, 4.69) is 19.9 Å². The number of rotatable bonds is 1. The molecule has 4 rings (SSSR count). The molecule has 3 saturated carbocycles. The molecule has 0 heterocycles. The van der Waals surface area contributed by atoms with E-state index in [1.54, 1.807) is 0 Å². The van der Waals surface area contributed by atoms with Crippen LogP contribution in [0.25, 0.3) is 0 Å². The molecule has 1 unspecified atom stereocenters. The number of aliphatic hydroxyl groups is 2. The van der Waals surface area contributed by atoms with Crippen LogP contribution in [0.3, 0.4) is 0 Å². The summed E-state index contributed by atoms with van der Waals surface area (Å²) in [5, 5.41) is 20.7. The van der Waals surface area contributed by atoms with Gasteiger partial charge in [0, 0.05) is 18.8 Å². The van der Waals surface area contributed by atoms with Gasteiger partial charge in [0.2, 0.25) is 5.85 Å². The van der Waals surface area contributed by atoms with Gasteiger partial charge >= 0.3 is 5.97 Å². The molecule has 0 bridgehead atoms. The zero-order valence-corrected chi connectivity index (χ0v) is 15.8. The summed E-state index contributed by atoms with van der Waals surface area (Å²) in [6.07, 6.45) is 6.56. The summed E-state index contributed by atoms with van der Waals surface area (Å²) < 4.78 is 19.9. The van der Waals surface area contributed by atoms with Crippen molar-refractivity contribution in [3.8, 4) is 0 Å². The monoisotopic (exact) mass is 364 g/mol. The first-order valence-electron chi connectivity index (χ1n) is 9.75. The highest BCUT2D eigenvalue weighted by Crippen LogP contribution is 2.64. The summed E-state index contributed by atoms with van der Waals surface area (Å²) >= 11 is 0. The van der Waals surface area contributed by atoms with E-state index in [1.165, 1.54) is 12.5 Å². The van der Waals surface area contributed by atoms with Crippen LogP contribution < -0.4 is 0 Å². The van der Waals surface area contributed by atoms with Gasteiger partial charge in [-0.2, -0.15) is 0 Å². The van der Waals surface area contributed by atoms with Crippen LogP contribution in [0.2, 0.25) is 0 Å². The quantitative estimate of drug-likeness (QED) is 0.700. The normalized spacial score (nSPS) is 50.1. The number of halogens is 1. The van der Waals surface area contributed by atoms with Gasteiger partial charge in [-0.15, -0.1) is 0 Å². The molecule has 0 aliphatic heterocycles. The van der Waals surface area contributed by atoms with Crippen molar-refractivity contribution in [1.29, 1.82) is 0 Å². The van der Waals surface area contributed by atoms with E-state index in [9.17, 15) is 19.4 Å². The summed E-state index contributed by atoms with van der Waals surface area (Å²) in [7, 11) is 0. The zero-order valence-electron chi connectivity index (χ0n) is 15.8. The molecule has 4 aliphatic carbocycles. The lowest BCUT2D eigenvalue weighted by Crippen LogP contribution is -2.54. The average molecular weight is 364 g/mol. The van der Waals surface area contributed by atoms with E-state index >= 15 is 0 Å². The van der Waals surface area contributed by atoms with Crippen LogP contribution >= 0.6 is 0 Å². The summed E-state index contributed by atoms with van der Waals surface area (Å²) in [6.45, 7) is 5.56. The predicted molar refractivity (Wildman–Crippen MR) is 94.7 cm³/mol. The molecule has 2 N–H and O–H groups in total. The molecule has 7 atom stereocenters. The Hall–Kier alpha value is -1.20. The third-order valence-electron chi connectivity index (χ3n) is 7.89. The van der Waals surface area contributed by atoms with Crippen LogP contribution in [0.5, 0.6) is 0 Å². The minimum absolute atomic E-state index is 0.0746. The second-order valence-corrected chi connectivity index (χ2v) is 9.32. The van der Waals surface area contributed by atoms with Gasteiger partial charge in [-0.05, 0) is 49.4 Å². The van der Waals surface area contributed by atoms with Gasteiger partial charge in [0.15, 0.2) is 6.10 Å². The highest BCUT2D eigenvalue weighted by molar-refractivity contribution is 5.66. The molecular weight excluding hydrogens is 335 g/mol. The van der Waals surface area contributed by atoms with Crippen molar-refractivity contribution in [2.45, 2.75) is 77.4 Å². The Bertz CT molecular complexity index is 696. The maximum Gasteiger partial charge on any atom is 0.303 e. The SMILES string of the molecule is CC(=O)OC1C[C@@]2(C)C(=CC=C3[C@@H]4CC[C@H](O)[C@@]4(C)CC[C@@H]32)C[C@]1(O)F. The van der Waals surface area contributed by atoms with Crippen LogP contribution in [-0.2, 0) is 9.53 Å². The highest BCUT2D eigenvalue weighted by atomic mass is 19.2. The number of fused-ring (bicyclic) bond motifs is 5. The molecule has 0 saturated heterocycles. The molecule has 0 aromatic heterocycles. The molecule has 3 fully saturated rings. The molecule has 144 valence electrons. The highest BCUT2D eigenvalue weighted by Gasteiger charge is 2.60. The topological polar surface area (TPSA) is 66.8 Å². The van der Waals surface area contributed by atoms with Crippen molar-refractivity contribution in [2.24, 2.45) is 22.7 Å². The van der Waals surface area contributed by atoms with Gasteiger partial charge in [-0.3, -0.25) is 4.79 Å². The molecule has 5 heteroatoms. The third-order valence-corrected chi connectivity index (χ3v) is 7.89. The summed E-state index contributed by atoms with van der Waals surface area (Å²) in [5.41, 5.74) is 1.86. The van der Waals surface area contributed by atoms with Crippen LogP contribution in [0, 0.1) is 22.7 Å². The second kappa shape index (κ2) is 5.65. The summed E-state index contributed by atoms with van der Waals surface area (Å²) in [4.78, 5) is 11.4. The van der Waals surface area contributed by atoms with E-state index in [1.807, 2.05) is 6.08 Å². The maximum absolute atomic E-state index is 14.8. The number of allylic oxidation sites excluding steroid dienone is 3. The summed E-state index contributed by atoms with van der Waals surface area (Å²) in [6, 6.07) is 0. The largest absolute Gasteiger partial charge is 0.456 e. The van der Waals surface area contributed by atoms with Crippen molar-refractivity contribution in [3.63, 3.8) is 0 Å². The van der Waals surface area contributed by atoms with Crippen LogP contribution in [-0.4, -0.2) is 34.2 Å². The fourth-order valence-electron chi connectivity index (χ4n) is 6.29. The first-order valence-corrected chi connectivity index (χ1v) is 9.75. The van der Waals surface area contributed by atoms with Gasteiger partial charge in [0.05, 0.1) is 6.10 Å². The van der Waals surface area contributed by atoms with Gasteiger partial charge in [-0.1, -0.05) is 37.1 Å². The van der Waals surface area contributed by atoms with E-state index in [0.29, 0.717) is 12.3 Å². The Kier molecular flexibility index (Phi) is 3.95. The molecule has 0 aromatic rings. The Labute approximate surface area is 154 Å². The standard InChI is InChI=1S/C21H29FO4/c1-12(23)26-18-11-20(3)13(10-21(18,22)25)4-5-14-15-6-7-17(24)19(15,2)9-8-16(14)20/h4-5,15-18,24-25H,6-11H2,1-3H3/t15-,16-,17-,18?,19-,20-,21+/m0/s1. The van der Waals surface area contributed by atoms with Gasteiger partial charge < -0.3 is 14.9 Å². The number of carbonyl (C=O) groups excluding carboxylic acids is 1. The lowest BCUT2D eigenvalue weighted by atomic mass is 9.50. The van der Waals surface area contributed by atoms with E-state index in [-0.39, 0.29) is 29.3 Å². The zero-order chi connectivity index (χ0) is 18.9. The van der Waals surface area contributed by atoms with Gasteiger partial charge in [0.1, 0.15) is 0 Å². The molecule has 4 nitrogen and oxygen atoms in total. The maximum atomic E-state index is 14.8. The number of hydrogen-bond acceptors (Lipinski definition) is 4. The lowest BCUT2D eigenvalue weighted by Gasteiger charge is -2.55. The summed E-state index contributed by atoms with van der Waals surface area (Å²) in [5.74, 6) is -2.48. The van der Waals surface area contributed by atoms with Crippen molar-refractivity contribution in [3.05, 3.63) is 23.3 Å². The Balaban J connectivity index is 1.71. The molecule has 26 heavy (non-hydrogen) atoms. The number of hydrogen-bond donors (Lipinski definition) is 2. The fourth-order valence-corrected chi connectivity index (χ4v) is 6.29. The minimum atomic E-state index is -2.52. The van der Waals surface area contributed by atoms with Crippen molar-refractivity contribution < 1.29 is 24.1 Å². The molecule has 0 amide bonds. The fraction of sp³-hybridized carbons (Fsp3) is 0.762. The smallest absolute Gasteiger partial charge is 0.303 e. The number of esters is 1. The number of aliphatic hydroxyl groups excluding tert-OH is 1. The molecule has 0 spiro atoms. The molecule has 4 aliphatic rings. The van der Waals surface area contributed by atoms with E-state index in [4.69, 9.17) is 4.74 Å². The van der Waals surface area contributed by atoms with Crippen LogP contribution in [0.4, 0.5) is 4.39 Å². The van der Waals surface area contributed by atoms with Crippen molar-refractivity contribution in [1.82, 2.24) is 0 Å². The van der Waals surface area contributed by atoms with Crippen molar-refractivity contribution >= 4 is 5.97 Å². The van der Waals surface area contributed by atoms with Crippen molar-refractivity contribution in [2.75, 3.05) is 0 Å². The second-order valence-electron chi connectivity index (χ2n) is 9.32. The van der Waals surface area contributed by atoms with E-state index < -0.39 is 17.9 Å². The molecular formula is C21H29FO4. The van der Waals surface area contributed by atoms with Crippen LogP contribution in [0.1, 0.15) is 59.3 Å². The minimum Gasteiger partial charge on any atom is -0.456 e. The number of ether oxygens (including phenoxy) is 1. The van der Waals surface area contributed by atoms with E-state index in [0.717, 1.165) is 31.3 Å². The Morgan fingerprint density at radius 2 is 1.96 bits per heavy atom. The first kappa shape index (κ1) is 18.2. The molecule has 0 radical (unpaired) electrons. The third kappa shape index (κ3) is 2.43. The number of alkyl halides is 1. The molecule has 0 aromatic carbocycles. The Morgan fingerprint density at radius 3 is 2.65 bits per heavy atom. The average Bonchev–Trinajstić information content (AvgIpc) is 2.84.